The first-order valence-electron chi connectivity index (χ1n) is 6.19. The molecule has 0 bridgehead atoms. The van der Waals surface area contributed by atoms with Crippen molar-refractivity contribution in [3.8, 4) is 17.2 Å². The second-order valence-corrected chi connectivity index (χ2v) is 4.35. The summed E-state index contributed by atoms with van der Waals surface area (Å²) in [5.41, 5.74) is 0.271. The van der Waals surface area contributed by atoms with E-state index in [0.29, 0.717) is 0 Å². The first-order valence-corrected chi connectivity index (χ1v) is 6.19. The monoisotopic (exact) mass is 328 g/mol. The maximum Gasteiger partial charge on any atom is 0.573 e. The van der Waals surface area contributed by atoms with Crippen molar-refractivity contribution in [3.63, 3.8) is 0 Å². The first-order chi connectivity index (χ1) is 10.7. The van der Waals surface area contributed by atoms with E-state index in [1.54, 1.807) is 0 Å². The third kappa shape index (κ3) is 4.99. The minimum Gasteiger partial charge on any atom is -0.508 e. The number of aromatic hydroxyl groups is 2. The Hall–Kier alpha value is -3.10. The molecule has 0 fully saturated rings. The van der Waals surface area contributed by atoms with Gasteiger partial charge in [-0.25, -0.2) is 4.79 Å². The number of alkyl halides is 3. The van der Waals surface area contributed by atoms with Crippen LogP contribution in [0.3, 0.4) is 0 Å². The molecular weight excluding hydrogens is 317 g/mol. The summed E-state index contributed by atoms with van der Waals surface area (Å²) in [6, 6.07) is 7.38. The van der Waals surface area contributed by atoms with Crippen LogP contribution in [0.1, 0.15) is 0 Å². The molecule has 0 unspecified atom stereocenters. The summed E-state index contributed by atoms with van der Waals surface area (Å²) in [5, 5.41) is 23.3. The van der Waals surface area contributed by atoms with Crippen molar-refractivity contribution in [2.75, 3.05) is 10.6 Å². The molecule has 0 spiro atoms. The maximum atomic E-state index is 12.0. The van der Waals surface area contributed by atoms with Gasteiger partial charge >= 0.3 is 12.4 Å². The van der Waals surface area contributed by atoms with Crippen LogP contribution in [-0.4, -0.2) is 22.6 Å². The summed E-state index contributed by atoms with van der Waals surface area (Å²) in [4.78, 5) is 11.7. The van der Waals surface area contributed by atoms with Crippen molar-refractivity contribution >= 4 is 17.4 Å². The van der Waals surface area contributed by atoms with Crippen molar-refractivity contribution in [2.24, 2.45) is 0 Å². The van der Waals surface area contributed by atoms with Crippen LogP contribution in [-0.2, 0) is 0 Å². The van der Waals surface area contributed by atoms with E-state index >= 15 is 0 Å². The number of anilines is 2. The molecule has 122 valence electrons. The van der Waals surface area contributed by atoms with Gasteiger partial charge in [-0.1, -0.05) is 0 Å². The van der Waals surface area contributed by atoms with E-state index in [1.807, 2.05) is 0 Å². The lowest BCUT2D eigenvalue weighted by molar-refractivity contribution is -0.274. The highest BCUT2D eigenvalue weighted by Gasteiger charge is 2.30. The molecule has 4 N–H and O–H groups in total. The number of benzene rings is 2. The number of nitrogens with one attached hydrogen (secondary N) is 2. The van der Waals surface area contributed by atoms with Crippen LogP contribution in [0.25, 0.3) is 0 Å². The second-order valence-electron chi connectivity index (χ2n) is 4.35. The third-order valence-corrected chi connectivity index (χ3v) is 2.58. The van der Waals surface area contributed by atoms with Gasteiger partial charge in [0, 0.05) is 11.8 Å². The van der Waals surface area contributed by atoms with Crippen LogP contribution in [0.2, 0.25) is 0 Å². The molecule has 2 aromatic rings. The van der Waals surface area contributed by atoms with Gasteiger partial charge in [0.1, 0.15) is 17.2 Å². The van der Waals surface area contributed by atoms with E-state index in [0.717, 1.165) is 18.2 Å². The number of phenolic OH excluding ortho intramolecular Hbond substituents is 2. The number of hydrogen-bond donors (Lipinski definition) is 4. The lowest BCUT2D eigenvalue weighted by Gasteiger charge is -2.11. The van der Waals surface area contributed by atoms with E-state index < -0.39 is 18.1 Å². The summed E-state index contributed by atoms with van der Waals surface area (Å²) >= 11 is 0. The number of halogens is 3. The molecule has 6 nitrogen and oxygen atoms in total. The largest absolute Gasteiger partial charge is 0.573 e. The summed E-state index contributed by atoms with van der Waals surface area (Å²) in [6.45, 7) is 0. The van der Waals surface area contributed by atoms with E-state index in [2.05, 4.69) is 15.4 Å². The molecule has 2 amide bonds. The topological polar surface area (TPSA) is 90.8 Å². The van der Waals surface area contributed by atoms with Crippen LogP contribution in [0.4, 0.5) is 29.3 Å². The minimum atomic E-state index is -4.79. The van der Waals surface area contributed by atoms with Crippen molar-refractivity contribution in [1.82, 2.24) is 0 Å². The van der Waals surface area contributed by atoms with Gasteiger partial charge in [0.05, 0.1) is 5.69 Å². The highest BCUT2D eigenvalue weighted by atomic mass is 19.4. The Kier molecular flexibility index (Phi) is 4.49. The minimum absolute atomic E-state index is 0.0531. The molecule has 23 heavy (non-hydrogen) atoms. The Bertz CT molecular complexity index is 702. The zero-order valence-electron chi connectivity index (χ0n) is 11.4. The van der Waals surface area contributed by atoms with Crippen LogP contribution in [0.5, 0.6) is 17.2 Å². The summed E-state index contributed by atoms with van der Waals surface area (Å²) in [5.74, 6) is -0.928. The molecule has 0 atom stereocenters. The number of rotatable bonds is 3. The molecule has 0 saturated carbocycles. The van der Waals surface area contributed by atoms with Crippen molar-refractivity contribution in [1.29, 1.82) is 0 Å². The van der Waals surface area contributed by atoms with Crippen LogP contribution in [0.15, 0.2) is 42.5 Å². The molecule has 9 heteroatoms. The van der Waals surface area contributed by atoms with Gasteiger partial charge in [0.2, 0.25) is 0 Å². The number of phenols is 2. The quantitative estimate of drug-likeness (QED) is 0.511. The fourth-order valence-corrected chi connectivity index (χ4v) is 1.65. The van der Waals surface area contributed by atoms with Crippen LogP contribution >= 0.6 is 0 Å². The summed E-state index contributed by atoms with van der Waals surface area (Å²) < 4.78 is 39.8. The van der Waals surface area contributed by atoms with Gasteiger partial charge in [0.15, 0.2) is 0 Å². The Balaban J connectivity index is 1.97. The fraction of sp³-hybridized carbons (Fsp3) is 0.0714. The average molecular weight is 328 g/mol. The van der Waals surface area contributed by atoms with Crippen molar-refractivity contribution < 1.29 is 32.9 Å². The summed E-state index contributed by atoms with van der Waals surface area (Å²) in [7, 11) is 0. The standard InChI is InChI=1S/C14H11F3N2O4/c15-14(16,17)23-10-4-1-8(2-5-10)18-13(22)19-11-6-3-9(20)7-12(11)21/h1-7,20-21H,(H2,18,19,22). The Morgan fingerprint density at radius 1 is 1.00 bits per heavy atom. The predicted octanol–water partition coefficient (Wildman–Crippen LogP) is 3.64. The lowest BCUT2D eigenvalue weighted by atomic mass is 10.2. The fourth-order valence-electron chi connectivity index (χ4n) is 1.65. The predicted molar refractivity (Wildman–Crippen MR) is 75.5 cm³/mol. The molecule has 0 aliphatic rings. The number of amides is 2. The number of carbonyl (C=O) groups excluding carboxylic acids is 1. The number of ether oxygens (including phenoxy) is 1. The molecular formula is C14H11F3N2O4. The summed E-state index contributed by atoms with van der Waals surface area (Å²) in [6.07, 6.45) is -4.79. The highest BCUT2D eigenvalue weighted by molar-refractivity contribution is 6.00. The van der Waals surface area contributed by atoms with Gasteiger partial charge in [-0.05, 0) is 36.4 Å². The number of hydrogen-bond acceptors (Lipinski definition) is 4. The smallest absolute Gasteiger partial charge is 0.508 e. The van der Waals surface area contributed by atoms with E-state index in [4.69, 9.17) is 5.11 Å². The first kappa shape index (κ1) is 16.3. The van der Waals surface area contributed by atoms with E-state index in [-0.39, 0.29) is 22.9 Å². The van der Waals surface area contributed by atoms with Crippen molar-refractivity contribution in [2.45, 2.75) is 6.36 Å². The normalized spacial score (nSPS) is 10.9. The zero-order valence-corrected chi connectivity index (χ0v) is 11.4. The van der Waals surface area contributed by atoms with Gasteiger partial charge in [-0.3, -0.25) is 0 Å². The Labute approximate surface area is 128 Å². The van der Waals surface area contributed by atoms with Gasteiger partial charge in [-0.2, -0.15) is 0 Å². The highest BCUT2D eigenvalue weighted by Crippen LogP contribution is 2.27. The number of carbonyl (C=O) groups is 1. The van der Waals surface area contributed by atoms with Crippen molar-refractivity contribution in [3.05, 3.63) is 42.5 Å². The average Bonchev–Trinajstić information content (AvgIpc) is 2.42. The van der Waals surface area contributed by atoms with Gasteiger partial charge in [0.25, 0.3) is 0 Å². The molecule has 0 heterocycles. The number of urea groups is 1. The molecule has 0 saturated heterocycles. The SMILES string of the molecule is O=C(Nc1ccc(OC(F)(F)F)cc1)Nc1ccc(O)cc1O. The molecule has 2 rings (SSSR count). The lowest BCUT2D eigenvalue weighted by Crippen LogP contribution is -2.19. The maximum absolute atomic E-state index is 12.0. The van der Waals surface area contributed by atoms with Gasteiger partial charge in [-0.15, -0.1) is 13.2 Å². The molecule has 0 aliphatic heterocycles. The van der Waals surface area contributed by atoms with Crippen LogP contribution < -0.4 is 15.4 Å². The second kappa shape index (κ2) is 6.34. The Morgan fingerprint density at radius 2 is 1.65 bits per heavy atom. The third-order valence-electron chi connectivity index (χ3n) is 2.58. The van der Waals surface area contributed by atoms with E-state index in [1.165, 1.54) is 24.3 Å². The zero-order chi connectivity index (χ0) is 17.0. The molecule has 0 aliphatic carbocycles. The molecule has 2 aromatic carbocycles. The molecule has 0 aromatic heterocycles. The molecule has 0 radical (unpaired) electrons. The van der Waals surface area contributed by atoms with Crippen LogP contribution in [0, 0.1) is 0 Å². The van der Waals surface area contributed by atoms with Gasteiger partial charge < -0.3 is 25.6 Å². The Morgan fingerprint density at radius 3 is 2.22 bits per heavy atom. The van der Waals surface area contributed by atoms with E-state index in [9.17, 15) is 23.1 Å².